The van der Waals surface area contributed by atoms with Gasteiger partial charge in [0, 0.05) is 31.0 Å². The van der Waals surface area contributed by atoms with Crippen LogP contribution in [-0.2, 0) is 25.7 Å². The van der Waals surface area contributed by atoms with Crippen molar-refractivity contribution >= 4 is 23.7 Å². The Morgan fingerprint density at radius 3 is 2.37 bits per heavy atom. The fourth-order valence-electron chi connectivity index (χ4n) is 3.66. The van der Waals surface area contributed by atoms with Crippen molar-refractivity contribution in [3.63, 3.8) is 0 Å². The number of esters is 1. The lowest BCUT2D eigenvalue weighted by Gasteiger charge is -2.35. The Kier molecular flexibility index (Phi) is 5.88. The number of imide groups is 1. The Morgan fingerprint density at radius 1 is 1.07 bits per heavy atom. The van der Waals surface area contributed by atoms with Crippen molar-refractivity contribution in [1.29, 1.82) is 0 Å². The smallest absolute Gasteiger partial charge is 0.307 e. The first-order chi connectivity index (χ1) is 13.0. The molecule has 2 saturated heterocycles. The number of benzene rings is 1. The van der Waals surface area contributed by atoms with Crippen LogP contribution in [0.1, 0.15) is 54.4 Å². The van der Waals surface area contributed by atoms with Gasteiger partial charge in [0.05, 0.1) is 20.1 Å². The van der Waals surface area contributed by atoms with E-state index in [1.165, 1.54) is 12.0 Å². The molecule has 1 atom stereocenters. The van der Waals surface area contributed by atoms with E-state index in [4.69, 9.17) is 4.74 Å². The zero-order valence-corrected chi connectivity index (χ0v) is 15.5. The summed E-state index contributed by atoms with van der Waals surface area (Å²) in [6, 6.07) is 6.83. The molecule has 0 saturated carbocycles. The molecule has 3 rings (SSSR count). The minimum absolute atomic E-state index is 0.108. The van der Waals surface area contributed by atoms with Gasteiger partial charge in [-0.05, 0) is 37.0 Å². The van der Waals surface area contributed by atoms with Crippen molar-refractivity contribution in [1.82, 2.24) is 9.80 Å². The lowest BCUT2D eigenvalue weighted by molar-refractivity contribution is -0.142. The standard InChI is InChI=1S/C20H24N2O5/c1-27-19(25)12-16-4-2-3-11-21(16)20(26)15-7-5-14(6-8-15)13-22-17(23)9-10-18(22)24/h5-8,16H,2-4,9-13H2,1H3/t16-/m1/s1. The molecule has 0 unspecified atom stereocenters. The van der Waals surface area contributed by atoms with Gasteiger partial charge in [-0.25, -0.2) is 0 Å². The molecule has 144 valence electrons. The zero-order valence-electron chi connectivity index (χ0n) is 15.5. The van der Waals surface area contributed by atoms with E-state index < -0.39 is 0 Å². The molecule has 0 radical (unpaired) electrons. The molecule has 7 nitrogen and oxygen atoms in total. The number of amides is 3. The van der Waals surface area contributed by atoms with E-state index in [2.05, 4.69) is 0 Å². The van der Waals surface area contributed by atoms with Crippen molar-refractivity contribution in [2.45, 2.75) is 51.1 Å². The van der Waals surface area contributed by atoms with E-state index in [0.717, 1.165) is 24.8 Å². The second-order valence-electron chi connectivity index (χ2n) is 7.00. The predicted molar refractivity (Wildman–Crippen MR) is 96.5 cm³/mol. The van der Waals surface area contributed by atoms with Crippen LogP contribution in [-0.4, -0.2) is 53.2 Å². The van der Waals surface area contributed by atoms with Crippen LogP contribution in [0.15, 0.2) is 24.3 Å². The number of rotatable bonds is 5. The summed E-state index contributed by atoms with van der Waals surface area (Å²) in [6.07, 6.45) is 3.44. The number of methoxy groups -OCH3 is 1. The second kappa shape index (κ2) is 8.33. The zero-order chi connectivity index (χ0) is 19.4. The minimum atomic E-state index is -0.310. The van der Waals surface area contributed by atoms with Gasteiger partial charge in [-0.3, -0.25) is 24.1 Å². The SMILES string of the molecule is COC(=O)C[C@H]1CCCCN1C(=O)c1ccc(CN2C(=O)CCC2=O)cc1. The monoisotopic (exact) mass is 372 g/mol. The number of carbonyl (C=O) groups is 4. The molecule has 2 fully saturated rings. The highest BCUT2D eigenvalue weighted by atomic mass is 16.5. The molecule has 1 aromatic rings. The van der Waals surface area contributed by atoms with Gasteiger partial charge in [0.2, 0.25) is 11.8 Å². The maximum absolute atomic E-state index is 12.9. The molecule has 0 N–H and O–H groups in total. The van der Waals surface area contributed by atoms with Crippen LogP contribution in [0.25, 0.3) is 0 Å². The van der Waals surface area contributed by atoms with Crippen LogP contribution in [0, 0.1) is 0 Å². The highest BCUT2D eigenvalue weighted by molar-refractivity contribution is 6.01. The van der Waals surface area contributed by atoms with E-state index in [9.17, 15) is 19.2 Å². The van der Waals surface area contributed by atoms with E-state index in [0.29, 0.717) is 12.1 Å². The van der Waals surface area contributed by atoms with Crippen LogP contribution < -0.4 is 0 Å². The van der Waals surface area contributed by atoms with Gasteiger partial charge in [-0.1, -0.05) is 12.1 Å². The molecule has 3 amide bonds. The molecule has 2 aliphatic heterocycles. The molecule has 0 aromatic heterocycles. The van der Waals surface area contributed by atoms with Crippen LogP contribution in [0.3, 0.4) is 0 Å². The quantitative estimate of drug-likeness (QED) is 0.582. The Balaban J connectivity index is 1.68. The summed E-state index contributed by atoms with van der Waals surface area (Å²) in [6.45, 7) is 0.861. The molecule has 27 heavy (non-hydrogen) atoms. The number of nitrogens with zero attached hydrogens (tertiary/aromatic N) is 2. The second-order valence-corrected chi connectivity index (χ2v) is 7.00. The summed E-state index contributed by atoms with van der Waals surface area (Å²) in [4.78, 5) is 51.0. The minimum Gasteiger partial charge on any atom is -0.469 e. The summed E-state index contributed by atoms with van der Waals surface area (Å²) in [5.41, 5.74) is 1.34. The van der Waals surface area contributed by atoms with Crippen molar-refractivity contribution in [3.05, 3.63) is 35.4 Å². The molecule has 1 aromatic carbocycles. The highest BCUT2D eigenvalue weighted by Crippen LogP contribution is 2.23. The van der Waals surface area contributed by atoms with Crippen molar-refractivity contribution in [2.75, 3.05) is 13.7 Å². The highest BCUT2D eigenvalue weighted by Gasteiger charge is 2.30. The molecular weight excluding hydrogens is 348 g/mol. The average molecular weight is 372 g/mol. The maximum Gasteiger partial charge on any atom is 0.307 e. The van der Waals surface area contributed by atoms with Gasteiger partial charge in [0.15, 0.2) is 0 Å². The summed E-state index contributed by atoms with van der Waals surface area (Å²) in [5.74, 6) is -0.725. The number of hydrogen-bond acceptors (Lipinski definition) is 5. The third kappa shape index (κ3) is 4.35. The fraction of sp³-hybridized carbons (Fsp3) is 0.500. The molecule has 0 aliphatic carbocycles. The Morgan fingerprint density at radius 2 is 1.74 bits per heavy atom. The molecule has 0 bridgehead atoms. The molecule has 0 spiro atoms. The third-order valence-corrected chi connectivity index (χ3v) is 5.21. The Hall–Kier alpha value is -2.70. The fourth-order valence-corrected chi connectivity index (χ4v) is 3.66. The first-order valence-corrected chi connectivity index (χ1v) is 9.29. The number of ether oxygens (including phenoxy) is 1. The van der Waals surface area contributed by atoms with Gasteiger partial charge in [0.1, 0.15) is 0 Å². The maximum atomic E-state index is 12.9. The molecule has 7 heteroatoms. The Labute approximate surface area is 158 Å². The van der Waals surface area contributed by atoms with Gasteiger partial charge in [-0.15, -0.1) is 0 Å². The van der Waals surface area contributed by atoms with Crippen LogP contribution in [0.4, 0.5) is 0 Å². The lowest BCUT2D eigenvalue weighted by Crippen LogP contribution is -2.44. The van der Waals surface area contributed by atoms with Crippen molar-refractivity contribution in [3.8, 4) is 0 Å². The van der Waals surface area contributed by atoms with Gasteiger partial charge in [-0.2, -0.15) is 0 Å². The van der Waals surface area contributed by atoms with Crippen LogP contribution in [0.5, 0.6) is 0 Å². The van der Waals surface area contributed by atoms with E-state index in [-0.39, 0.29) is 55.5 Å². The topological polar surface area (TPSA) is 84.0 Å². The normalized spacial score (nSPS) is 20.1. The third-order valence-electron chi connectivity index (χ3n) is 5.21. The summed E-state index contributed by atoms with van der Waals surface area (Å²) in [7, 11) is 1.35. The Bertz CT molecular complexity index is 727. The molecule has 2 heterocycles. The first-order valence-electron chi connectivity index (χ1n) is 9.29. The molecular formula is C20H24N2O5. The average Bonchev–Trinajstić information content (AvgIpc) is 3.00. The summed E-state index contributed by atoms with van der Waals surface area (Å²) < 4.78 is 4.75. The van der Waals surface area contributed by atoms with Crippen molar-refractivity contribution in [2.24, 2.45) is 0 Å². The lowest BCUT2D eigenvalue weighted by atomic mass is 9.98. The first kappa shape index (κ1) is 19.1. The van der Waals surface area contributed by atoms with Gasteiger partial charge >= 0.3 is 5.97 Å². The van der Waals surface area contributed by atoms with Crippen molar-refractivity contribution < 1.29 is 23.9 Å². The predicted octanol–water partition coefficient (Wildman–Crippen LogP) is 1.89. The van der Waals surface area contributed by atoms with E-state index in [1.54, 1.807) is 29.2 Å². The van der Waals surface area contributed by atoms with E-state index in [1.807, 2.05) is 0 Å². The number of hydrogen-bond donors (Lipinski definition) is 0. The summed E-state index contributed by atoms with van der Waals surface area (Å²) >= 11 is 0. The largest absolute Gasteiger partial charge is 0.469 e. The van der Waals surface area contributed by atoms with Crippen LogP contribution in [0.2, 0.25) is 0 Å². The van der Waals surface area contributed by atoms with Gasteiger partial charge < -0.3 is 9.64 Å². The number of piperidine rings is 1. The van der Waals surface area contributed by atoms with E-state index >= 15 is 0 Å². The number of likely N-dealkylation sites (tertiary alicyclic amines) is 2. The number of carbonyl (C=O) groups excluding carboxylic acids is 4. The van der Waals surface area contributed by atoms with Gasteiger partial charge in [0.25, 0.3) is 5.91 Å². The summed E-state index contributed by atoms with van der Waals surface area (Å²) in [5, 5.41) is 0. The molecule has 2 aliphatic rings. The van der Waals surface area contributed by atoms with Crippen LogP contribution >= 0.6 is 0 Å².